The van der Waals surface area contributed by atoms with Gasteiger partial charge in [-0.3, -0.25) is 9.59 Å². The number of carbonyl (C=O) groups excluding carboxylic acids is 2. The molecule has 1 aromatic carbocycles. The number of benzene rings is 1. The van der Waals surface area contributed by atoms with Gasteiger partial charge >= 0.3 is 0 Å². The fourth-order valence-electron chi connectivity index (χ4n) is 3.25. The van der Waals surface area contributed by atoms with E-state index in [9.17, 15) is 9.59 Å². The van der Waals surface area contributed by atoms with Gasteiger partial charge in [0.15, 0.2) is 0 Å². The first-order valence-electron chi connectivity index (χ1n) is 8.44. The summed E-state index contributed by atoms with van der Waals surface area (Å²) < 4.78 is 0. The maximum absolute atomic E-state index is 12.3. The van der Waals surface area contributed by atoms with Gasteiger partial charge in [0.1, 0.15) is 0 Å². The Hall–Kier alpha value is -1.88. The van der Waals surface area contributed by atoms with Crippen LogP contribution in [-0.4, -0.2) is 35.8 Å². The summed E-state index contributed by atoms with van der Waals surface area (Å²) in [6, 6.07) is 9.97. The molecule has 3 unspecified atom stereocenters. The van der Waals surface area contributed by atoms with E-state index in [1.54, 1.807) is 4.90 Å². The number of hydrogen-bond acceptors (Lipinski definition) is 3. The molecule has 1 aromatic rings. The Morgan fingerprint density at radius 3 is 2.70 bits per heavy atom. The maximum atomic E-state index is 12.3. The molecule has 3 atom stereocenters. The van der Waals surface area contributed by atoms with Gasteiger partial charge in [-0.25, -0.2) is 0 Å². The number of likely N-dealkylation sites (tertiary alicyclic amines) is 1. The summed E-state index contributed by atoms with van der Waals surface area (Å²) in [5.74, 6) is 0.306. The summed E-state index contributed by atoms with van der Waals surface area (Å²) >= 11 is 0. The van der Waals surface area contributed by atoms with Crippen LogP contribution in [0.2, 0.25) is 0 Å². The van der Waals surface area contributed by atoms with Gasteiger partial charge in [-0.05, 0) is 31.2 Å². The summed E-state index contributed by atoms with van der Waals surface area (Å²) in [6.45, 7) is 3.01. The van der Waals surface area contributed by atoms with Crippen LogP contribution in [0.15, 0.2) is 30.3 Å². The number of nitrogens with two attached hydrogens (primary N) is 1. The molecule has 2 amide bonds. The van der Waals surface area contributed by atoms with Gasteiger partial charge < -0.3 is 16.0 Å². The average molecular weight is 315 g/mol. The predicted octanol–water partition coefficient (Wildman–Crippen LogP) is 1.45. The minimum Gasteiger partial charge on any atom is -0.354 e. The summed E-state index contributed by atoms with van der Waals surface area (Å²) in [5, 5.41) is 2.92. The molecule has 2 fully saturated rings. The van der Waals surface area contributed by atoms with Crippen LogP contribution in [0, 0.1) is 11.8 Å². The topological polar surface area (TPSA) is 75.4 Å². The molecular weight excluding hydrogens is 290 g/mol. The number of nitrogens with one attached hydrogen (secondary N) is 1. The number of nitrogens with zero attached hydrogens (tertiary/aromatic N) is 1. The molecule has 124 valence electrons. The quantitative estimate of drug-likeness (QED) is 0.834. The van der Waals surface area contributed by atoms with Crippen molar-refractivity contribution in [1.29, 1.82) is 0 Å². The van der Waals surface area contributed by atoms with E-state index in [2.05, 4.69) is 5.32 Å². The molecule has 5 nitrogen and oxygen atoms in total. The second-order valence-electron chi connectivity index (χ2n) is 6.78. The van der Waals surface area contributed by atoms with E-state index in [0.29, 0.717) is 25.4 Å². The Morgan fingerprint density at radius 2 is 2.04 bits per heavy atom. The van der Waals surface area contributed by atoms with Crippen LogP contribution in [0.25, 0.3) is 0 Å². The molecule has 5 heteroatoms. The van der Waals surface area contributed by atoms with Gasteiger partial charge in [-0.1, -0.05) is 30.3 Å². The average Bonchev–Trinajstić information content (AvgIpc) is 3.35. The number of hydrogen-bond donors (Lipinski definition) is 2. The zero-order chi connectivity index (χ0) is 16.4. The van der Waals surface area contributed by atoms with Gasteiger partial charge in [0.2, 0.25) is 11.8 Å². The molecule has 0 aromatic heterocycles. The first kappa shape index (κ1) is 16.0. The van der Waals surface area contributed by atoms with Crippen LogP contribution >= 0.6 is 0 Å². The van der Waals surface area contributed by atoms with Crippen molar-refractivity contribution < 1.29 is 9.59 Å². The smallest absolute Gasteiger partial charge is 0.225 e. The van der Waals surface area contributed by atoms with Crippen molar-refractivity contribution in [2.75, 3.05) is 13.1 Å². The molecule has 1 aliphatic heterocycles. The standard InChI is InChI=1S/C18H25N3O2/c1-12(13-5-3-2-4-6-13)21-11-15(9-17(21)22)18(23)20-10-16(19)14-7-8-14/h2-6,12,14-16H,7-11,19H2,1H3,(H,20,23). The van der Waals surface area contributed by atoms with Crippen LogP contribution in [0.4, 0.5) is 0 Å². The fourth-order valence-corrected chi connectivity index (χ4v) is 3.25. The zero-order valence-electron chi connectivity index (χ0n) is 13.6. The van der Waals surface area contributed by atoms with Crippen LogP contribution in [0.5, 0.6) is 0 Å². The van der Waals surface area contributed by atoms with Crippen LogP contribution in [0.1, 0.15) is 37.8 Å². The van der Waals surface area contributed by atoms with E-state index in [1.807, 2.05) is 37.3 Å². The molecule has 1 aliphatic carbocycles. The van der Waals surface area contributed by atoms with Crippen molar-refractivity contribution in [3.8, 4) is 0 Å². The van der Waals surface area contributed by atoms with Crippen LogP contribution in [0.3, 0.4) is 0 Å². The molecule has 3 N–H and O–H groups in total. The zero-order valence-corrected chi connectivity index (χ0v) is 13.6. The lowest BCUT2D eigenvalue weighted by Gasteiger charge is -2.25. The highest BCUT2D eigenvalue weighted by Gasteiger charge is 2.37. The third-order valence-corrected chi connectivity index (χ3v) is 5.02. The highest BCUT2D eigenvalue weighted by Crippen LogP contribution is 2.31. The minimum absolute atomic E-state index is 0.00443. The van der Waals surface area contributed by atoms with Crippen molar-refractivity contribution in [3.05, 3.63) is 35.9 Å². The summed E-state index contributed by atoms with van der Waals surface area (Å²) in [5.41, 5.74) is 7.11. The van der Waals surface area contributed by atoms with E-state index < -0.39 is 0 Å². The van der Waals surface area contributed by atoms with E-state index in [4.69, 9.17) is 5.73 Å². The lowest BCUT2D eigenvalue weighted by atomic mass is 10.1. The Labute approximate surface area is 137 Å². The molecule has 0 radical (unpaired) electrons. The molecule has 3 rings (SSSR count). The van der Waals surface area contributed by atoms with E-state index in [1.165, 1.54) is 12.8 Å². The van der Waals surface area contributed by atoms with Gasteiger partial charge in [0, 0.05) is 25.6 Å². The highest BCUT2D eigenvalue weighted by molar-refractivity contribution is 5.89. The molecule has 0 bridgehead atoms. The van der Waals surface area contributed by atoms with Gasteiger partial charge in [-0.15, -0.1) is 0 Å². The number of carbonyl (C=O) groups is 2. The molecule has 1 saturated heterocycles. The Morgan fingerprint density at radius 1 is 1.35 bits per heavy atom. The summed E-state index contributed by atoms with van der Waals surface area (Å²) in [6.07, 6.45) is 2.63. The largest absolute Gasteiger partial charge is 0.354 e. The van der Waals surface area contributed by atoms with Crippen molar-refractivity contribution in [2.24, 2.45) is 17.6 Å². The minimum atomic E-state index is -0.264. The Bertz CT molecular complexity index is 571. The van der Waals surface area contributed by atoms with E-state index in [-0.39, 0.29) is 29.8 Å². The molecule has 1 saturated carbocycles. The van der Waals surface area contributed by atoms with Crippen molar-refractivity contribution in [1.82, 2.24) is 10.2 Å². The van der Waals surface area contributed by atoms with Gasteiger partial charge in [0.05, 0.1) is 12.0 Å². The predicted molar refractivity (Wildman–Crippen MR) is 88.4 cm³/mol. The molecule has 2 aliphatic rings. The van der Waals surface area contributed by atoms with Gasteiger partial charge in [-0.2, -0.15) is 0 Å². The third kappa shape index (κ3) is 3.72. The first-order valence-corrected chi connectivity index (χ1v) is 8.44. The summed E-state index contributed by atoms with van der Waals surface area (Å²) in [4.78, 5) is 26.4. The Kier molecular flexibility index (Phi) is 4.66. The van der Waals surface area contributed by atoms with Gasteiger partial charge in [0.25, 0.3) is 0 Å². The van der Waals surface area contributed by atoms with Crippen molar-refractivity contribution in [3.63, 3.8) is 0 Å². The Balaban J connectivity index is 1.55. The maximum Gasteiger partial charge on any atom is 0.225 e. The van der Waals surface area contributed by atoms with Crippen molar-refractivity contribution >= 4 is 11.8 Å². The van der Waals surface area contributed by atoms with Crippen LogP contribution < -0.4 is 11.1 Å². The number of rotatable bonds is 6. The third-order valence-electron chi connectivity index (χ3n) is 5.02. The van der Waals surface area contributed by atoms with E-state index >= 15 is 0 Å². The SMILES string of the molecule is CC(c1ccccc1)N1CC(C(=O)NCC(N)C2CC2)CC1=O. The molecule has 0 spiro atoms. The van der Waals surface area contributed by atoms with Crippen molar-refractivity contribution in [2.45, 2.75) is 38.3 Å². The van der Waals surface area contributed by atoms with E-state index in [0.717, 1.165) is 5.56 Å². The molecular formula is C18H25N3O2. The normalized spacial score (nSPS) is 23.7. The van der Waals surface area contributed by atoms with Crippen LogP contribution in [-0.2, 0) is 9.59 Å². The second kappa shape index (κ2) is 6.71. The number of amides is 2. The molecule has 1 heterocycles. The lowest BCUT2D eigenvalue weighted by molar-refractivity contribution is -0.130. The summed E-state index contributed by atoms with van der Waals surface area (Å²) in [7, 11) is 0. The lowest BCUT2D eigenvalue weighted by Crippen LogP contribution is -2.41. The molecule has 23 heavy (non-hydrogen) atoms. The second-order valence-corrected chi connectivity index (χ2v) is 6.78. The fraction of sp³-hybridized carbons (Fsp3) is 0.556. The first-order chi connectivity index (χ1) is 11.1. The highest BCUT2D eigenvalue weighted by atomic mass is 16.2. The monoisotopic (exact) mass is 315 g/mol.